The van der Waals surface area contributed by atoms with E-state index >= 15 is 0 Å². The second-order valence-electron chi connectivity index (χ2n) is 7.32. The molecule has 0 aliphatic carbocycles. The maximum atomic E-state index is 13.4. The van der Waals surface area contributed by atoms with Crippen molar-refractivity contribution in [2.24, 2.45) is 5.73 Å². The summed E-state index contributed by atoms with van der Waals surface area (Å²) in [5.74, 6) is -0.583. The molecule has 7 heteroatoms. The van der Waals surface area contributed by atoms with E-state index < -0.39 is 5.91 Å². The van der Waals surface area contributed by atoms with Gasteiger partial charge in [0.1, 0.15) is 0 Å². The van der Waals surface area contributed by atoms with Gasteiger partial charge < -0.3 is 16.4 Å². The molecule has 0 atom stereocenters. The van der Waals surface area contributed by atoms with Crippen molar-refractivity contribution in [2.45, 2.75) is 13.0 Å². The van der Waals surface area contributed by atoms with Gasteiger partial charge in [-0.25, -0.2) is 0 Å². The number of hydrogen-bond donors (Lipinski definition) is 2. The van der Waals surface area contributed by atoms with Gasteiger partial charge in [-0.15, -0.1) is 11.3 Å². The predicted octanol–water partition coefficient (Wildman–Crippen LogP) is 4.27. The van der Waals surface area contributed by atoms with Crippen molar-refractivity contribution in [3.8, 4) is 10.4 Å². The summed E-state index contributed by atoms with van der Waals surface area (Å²) >= 11 is 1.63. The van der Waals surface area contributed by atoms with Crippen molar-refractivity contribution in [1.82, 2.24) is 4.98 Å². The van der Waals surface area contributed by atoms with E-state index in [4.69, 9.17) is 11.5 Å². The molecular formula is C25H22N4O2S. The normalized spacial score (nSPS) is 10.6. The Morgan fingerprint density at radius 2 is 1.69 bits per heavy atom. The van der Waals surface area contributed by atoms with E-state index in [2.05, 4.69) is 4.98 Å². The number of nitrogens with zero attached hydrogens (tertiary/aromatic N) is 2. The van der Waals surface area contributed by atoms with Crippen molar-refractivity contribution in [1.29, 1.82) is 0 Å². The van der Waals surface area contributed by atoms with Crippen LogP contribution in [0.3, 0.4) is 0 Å². The molecule has 32 heavy (non-hydrogen) atoms. The van der Waals surface area contributed by atoms with Crippen molar-refractivity contribution < 1.29 is 9.59 Å². The number of carbonyl (C=O) groups is 2. The van der Waals surface area contributed by atoms with Crippen molar-refractivity contribution in [2.75, 3.05) is 10.6 Å². The fraction of sp³-hybridized carbons (Fsp3) is 0.0800. The molecule has 0 saturated carbocycles. The van der Waals surface area contributed by atoms with Crippen LogP contribution in [0.4, 0.5) is 11.4 Å². The molecule has 2 aromatic carbocycles. The lowest BCUT2D eigenvalue weighted by Gasteiger charge is -2.25. The first-order chi connectivity index (χ1) is 15.5. The molecule has 0 saturated heterocycles. The monoisotopic (exact) mass is 442 g/mol. The Labute approximate surface area is 190 Å². The second kappa shape index (κ2) is 9.45. The number of benzene rings is 2. The Kier molecular flexibility index (Phi) is 6.28. The topological polar surface area (TPSA) is 102 Å². The number of nitrogen functional groups attached to an aromatic ring is 1. The van der Waals surface area contributed by atoms with Gasteiger partial charge in [0, 0.05) is 22.8 Å². The highest BCUT2D eigenvalue weighted by Gasteiger charge is 2.20. The van der Waals surface area contributed by atoms with Gasteiger partial charge in [-0.1, -0.05) is 24.3 Å². The third-order valence-corrected chi connectivity index (χ3v) is 6.03. The predicted molar refractivity (Wildman–Crippen MR) is 128 cm³/mol. The number of thiophene rings is 1. The summed E-state index contributed by atoms with van der Waals surface area (Å²) < 4.78 is 0. The highest BCUT2D eigenvalue weighted by molar-refractivity contribution is 7.13. The summed E-state index contributed by atoms with van der Waals surface area (Å²) in [6.07, 6.45) is 3.55. The number of primary amides is 1. The Hall–Kier alpha value is -3.97. The van der Waals surface area contributed by atoms with E-state index in [1.165, 1.54) is 0 Å². The molecule has 0 spiro atoms. The lowest BCUT2D eigenvalue weighted by Crippen LogP contribution is -2.32. The van der Waals surface area contributed by atoms with Gasteiger partial charge in [0.2, 0.25) is 11.8 Å². The van der Waals surface area contributed by atoms with Gasteiger partial charge >= 0.3 is 0 Å². The van der Waals surface area contributed by atoms with E-state index in [1.807, 2.05) is 47.8 Å². The maximum absolute atomic E-state index is 13.4. The fourth-order valence-electron chi connectivity index (χ4n) is 3.41. The minimum atomic E-state index is -0.491. The SMILES string of the molecule is NC(=O)c1ccc(CN(C(=O)Cc2ccncc2)c2cc(-c3cccs3)ccc2N)cc1. The smallest absolute Gasteiger partial charge is 0.248 e. The van der Waals surface area contributed by atoms with Crippen LogP contribution in [0.5, 0.6) is 0 Å². The van der Waals surface area contributed by atoms with Gasteiger partial charge in [0.05, 0.1) is 24.3 Å². The number of amides is 2. The highest BCUT2D eigenvalue weighted by atomic mass is 32.1. The van der Waals surface area contributed by atoms with Crippen LogP contribution in [0, 0.1) is 0 Å². The van der Waals surface area contributed by atoms with Gasteiger partial charge in [-0.05, 0) is 64.5 Å². The van der Waals surface area contributed by atoms with Crippen LogP contribution in [0.1, 0.15) is 21.5 Å². The standard InChI is InChI=1S/C25H22N4O2S/c26-21-8-7-20(23-2-1-13-32-23)15-22(21)29(24(30)14-17-9-11-28-12-10-17)16-18-3-5-19(6-4-18)25(27)31/h1-13,15H,14,16,26H2,(H2,27,31). The summed E-state index contributed by atoms with van der Waals surface area (Å²) in [4.78, 5) is 31.6. The number of anilines is 2. The molecule has 0 bridgehead atoms. The molecule has 4 N–H and O–H groups in total. The molecule has 2 heterocycles. The van der Waals surface area contributed by atoms with Gasteiger partial charge in [-0.3, -0.25) is 14.6 Å². The Morgan fingerprint density at radius 3 is 2.34 bits per heavy atom. The quantitative estimate of drug-likeness (QED) is 0.417. The molecule has 0 radical (unpaired) electrons. The molecule has 0 unspecified atom stereocenters. The Bertz CT molecular complexity index is 1220. The third kappa shape index (κ3) is 4.84. The number of rotatable bonds is 7. The van der Waals surface area contributed by atoms with Crippen LogP contribution in [0.15, 0.2) is 84.5 Å². The summed E-state index contributed by atoms with van der Waals surface area (Å²) in [6, 6.07) is 20.3. The van der Waals surface area contributed by atoms with Crippen LogP contribution < -0.4 is 16.4 Å². The zero-order valence-electron chi connectivity index (χ0n) is 17.3. The highest BCUT2D eigenvalue weighted by Crippen LogP contribution is 2.33. The number of nitrogens with two attached hydrogens (primary N) is 2. The lowest BCUT2D eigenvalue weighted by atomic mass is 10.1. The summed E-state index contributed by atoms with van der Waals surface area (Å²) in [7, 11) is 0. The molecule has 6 nitrogen and oxygen atoms in total. The largest absolute Gasteiger partial charge is 0.397 e. The van der Waals surface area contributed by atoms with Crippen LogP contribution in [0.25, 0.3) is 10.4 Å². The first kappa shape index (κ1) is 21.3. The molecule has 4 aromatic rings. The number of aromatic nitrogens is 1. The van der Waals surface area contributed by atoms with Crippen LogP contribution in [-0.4, -0.2) is 16.8 Å². The van der Waals surface area contributed by atoms with E-state index in [1.54, 1.807) is 52.9 Å². The third-order valence-electron chi connectivity index (χ3n) is 5.11. The Balaban J connectivity index is 1.70. The first-order valence-corrected chi connectivity index (χ1v) is 10.9. The van der Waals surface area contributed by atoms with Gasteiger partial charge in [0.15, 0.2) is 0 Å². The minimum Gasteiger partial charge on any atom is -0.397 e. The van der Waals surface area contributed by atoms with E-state index in [-0.39, 0.29) is 12.3 Å². The van der Waals surface area contributed by atoms with Crippen LogP contribution in [0.2, 0.25) is 0 Å². The van der Waals surface area contributed by atoms with E-state index in [9.17, 15) is 9.59 Å². The molecule has 2 aromatic heterocycles. The van der Waals surface area contributed by atoms with Crippen molar-refractivity contribution in [3.63, 3.8) is 0 Å². The van der Waals surface area contributed by atoms with Crippen LogP contribution >= 0.6 is 11.3 Å². The number of carbonyl (C=O) groups excluding carboxylic acids is 2. The van der Waals surface area contributed by atoms with Crippen LogP contribution in [-0.2, 0) is 17.8 Å². The zero-order valence-corrected chi connectivity index (χ0v) is 18.1. The van der Waals surface area contributed by atoms with Crippen molar-refractivity contribution in [3.05, 3.63) is 101 Å². The maximum Gasteiger partial charge on any atom is 0.248 e. The molecule has 4 rings (SSSR count). The Morgan fingerprint density at radius 1 is 0.938 bits per heavy atom. The first-order valence-electron chi connectivity index (χ1n) is 10.0. The molecule has 160 valence electrons. The molecule has 0 fully saturated rings. The average molecular weight is 443 g/mol. The molecular weight excluding hydrogens is 420 g/mol. The van der Waals surface area contributed by atoms with E-state index in [0.29, 0.717) is 23.5 Å². The van der Waals surface area contributed by atoms with Gasteiger partial charge in [-0.2, -0.15) is 0 Å². The number of hydrogen-bond acceptors (Lipinski definition) is 5. The summed E-state index contributed by atoms with van der Waals surface area (Å²) in [5, 5.41) is 2.01. The average Bonchev–Trinajstić information content (AvgIpc) is 3.34. The minimum absolute atomic E-state index is 0.0924. The molecule has 2 amide bonds. The summed E-state index contributed by atoms with van der Waals surface area (Å²) in [5.41, 5.74) is 16.0. The molecule has 0 aliphatic rings. The lowest BCUT2D eigenvalue weighted by molar-refractivity contribution is -0.118. The number of pyridine rings is 1. The van der Waals surface area contributed by atoms with E-state index in [0.717, 1.165) is 21.6 Å². The second-order valence-corrected chi connectivity index (χ2v) is 8.27. The van der Waals surface area contributed by atoms with Gasteiger partial charge in [0.25, 0.3) is 0 Å². The fourth-order valence-corrected chi connectivity index (χ4v) is 4.13. The summed E-state index contributed by atoms with van der Waals surface area (Å²) in [6.45, 7) is 0.307. The molecule has 0 aliphatic heterocycles. The zero-order chi connectivity index (χ0) is 22.5. The van der Waals surface area contributed by atoms with Crippen molar-refractivity contribution >= 4 is 34.5 Å².